The number of carbonyl (C=O) groups excluding carboxylic acids is 1. The minimum Gasteiger partial charge on any atom is -0.397 e. The Hall–Kier alpha value is -1.89. The third-order valence-electron chi connectivity index (χ3n) is 2.83. The monoisotopic (exact) mass is 231 g/mol. The molecule has 1 aliphatic carbocycles. The second-order valence-corrected chi connectivity index (χ2v) is 4.36. The van der Waals surface area contributed by atoms with Crippen molar-refractivity contribution in [2.75, 3.05) is 12.3 Å². The molecule has 1 aromatic rings. The van der Waals surface area contributed by atoms with Crippen molar-refractivity contribution >= 4 is 11.6 Å². The number of unbranched alkanes of at least 4 members (excludes halogenated alkanes) is 1. The van der Waals surface area contributed by atoms with Gasteiger partial charge in [0.05, 0.1) is 5.69 Å². The molecule has 2 rings (SSSR count). The van der Waals surface area contributed by atoms with E-state index in [9.17, 15) is 4.79 Å². The van der Waals surface area contributed by atoms with Crippen LogP contribution in [0, 0.1) is 12.3 Å². The quantitative estimate of drug-likeness (QED) is 0.596. The van der Waals surface area contributed by atoms with Crippen LogP contribution in [-0.4, -0.2) is 17.0 Å². The van der Waals surface area contributed by atoms with Crippen molar-refractivity contribution in [3.63, 3.8) is 0 Å². The normalized spacial score (nSPS) is 14.3. The summed E-state index contributed by atoms with van der Waals surface area (Å²) in [5.74, 6) is 2.48. The van der Waals surface area contributed by atoms with Crippen molar-refractivity contribution in [1.29, 1.82) is 0 Å². The lowest BCUT2D eigenvalue weighted by atomic mass is 10.3. The van der Waals surface area contributed by atoms with E-state index < -0.39 is 0 Å². The van der Waals surface area contributed by atoms with Gasteiger partial charge in [0, 0.05) is 25.2 Å². The van der Waals surface area contributed by atoms with Gasteiger partial charge in [-0.25, -0.2) is 0 Å². The van der Waals surface area contributed by atoms with Crippen molar-refractivity contribution in [1.82, 2.24) is 9.88 Å². The Morgan fingerprint density at radius 2 is 2.41 bits per heavy atom. The van der Waals surface area contributed by atoms with Gasteiger partial charge in [0.2, 0.25) is 0 Å². The van der Waals surface area contributed by atoms with Gasteiger partial charge in [-0.3, -0.25) is 4.79 Å². The lowest BCUT2D eigenvalue weighted by molar-refractivity contribution is 0.0944. The molecule has 1 aliphatic rings. The van der Waals surface area contributed by atoms with Crippen LogP contribution in [-0.2, 0) is 0 Å². The fourth-order valence-corrected chi connectivity index (χ4v) is 1.82. The van der Waals surface area contributed by atoms with Gasteiger partial charge in [0.25, 0.3) is 5.91 Å². The number of rotatable bonds is 5. The molecule has 4 nitrogen and oxygen atoms in total. The molecule has 4 heteroatoms. The van der Waals surface area contributed by atoms with Crippen LogP contribution in [0.1, 0.15) is 42.2 Å². The number of amides is 1. The summed E-state index contributed by atoms with van der Waals surface area (Å²) in [7, 11) is 0. The molecule has 0 radical (unpaired) electrons. The Labute approximate surface area is 101 Å². The number of hydrogen-bond acceptors (Lipinski definition) is 2. The van der Waals surface area contributed by atoms with E-state index in [1.54, 1.807) is 6.07 Å². The van der Waals surface area contributed by atoms with Crippen molar-refractivity contribution in [3.05, 3.63) is 18.0 Å². The van der Waals surface area contributed by atoms with E-state index in [0.717, 1.165) is 19.3 Å². The van der Waals surface area contributed by atoms with Gasteiger partial charge in [-0.05, 0) is 25.3 Å². The van der Waals surface area contributed by atoms with Crippen LogP contribution in [0.3, 0.4) is 0 Å². The van der Waals surface area contributed by atoms with Gasteiger partial charge in [-0.1, -0.05) is 0 Å². The molecule has 1 heterocycles. The van der Waals surface area contributed by atoms with Crippen LogP contribution >= 0.6 is 0 Å². The number of nitrogen functional groups attached to an aromatic ring is 1. The summed E-state index contributed by atoms with van der Waals surface area (Å²) >= 11 is 0. The summed E-state index contributed by atoms with van der Waals surface area (Å²) in [5, 5.41) is 2.86. The minimum absolute atomic E-state index is 0.0642. The summed E-state index contributed by atoms with van der Waals surface area (Å²) < 4.78 is 1.98. The maximum absolute atomic E-state index is 11.9. The second-order valence-electron chi connectivity index (χ2n) is 4.36. The summed E-state index contributed by atoms with van der Waals surface area (Å²) in [6, 6.07) is 2.19. The van der Waals surface area contributed by atoms with Crippen LogP contribution in [0.25, 0.3) is 0 Å². The molecule has 0 saturated heterocycles. The highest BCUT2D eigenvalue weighted by Crippen LogP contribution is 2.37. The molecule has 1 aromatic heterocycles. The van der Waals surface area contributed by atoms with Gasteiger partial charge in [-0.2, -0.15) is 0 Å². The first-order valence-corrected chi connectivity index (χ1v) is 5.91. The number of terminal acetylenes is 1. The molecule has 90 valence electrons. The lowest BCUT2D eigenvalue weighted by Gasteiger charge is -2.07. The summed E-state index contributed by atoms with van der Waals surface area (Å²) in [6.07, 6.45) is 10.7. The molecule has 1 fully saturated rings. The third-order valence-corrected chi connectivity index (χ3v) is 2.83. The fraction of sp³-hybridized carbons (Fsp3) is 0.462. The van der Waals surface area contributed by atoms with Gasteiger partial charge in [0.1, 0.15) is 5.69 Å². The molecular formula is C13H17N3O. The number of nitrogens with zero attached hydrogens (tertiary/aromatic N) is 1. The first kappa shape index (κ1) is 11.6. The first-order chi connectivity index (χ1) is 8.22. The van der Waals surface area contributed by atoms with E-state index in [0.29, 0.717) is 30.4 Å². The topological polar surface area (TPSA) is 60.1 Å². The van der Waals surface area contributed by atoms with Crippen molar-refractivity contribution in [3.8, 4) is 12.3 Å². The Kier molecular flexibility index (Phi) is 3.38. The maximum Gasteiger partial charge on any atom is 0.267 e. The fourth-order valence-electron chi connectivity index (χ4n) is 1.82. The van der Waals surface area contributed by atoms with E-state index >= 15 is 0 Å². The van der Waals surface area contributed by atoms with E-state index in [1.165, 1.54) is 0 Å². The van der Waals surface area contributed by atoms with Gasteiger partial charge >= 0.3 is 0 Å². The standard InChI is InChI=1S/C13H17N3O/c1-2-3-4-7-15-13(17)12-8-10(14)9-16(12)11-5-6-11/h1,8-9,11H,3-7,14H2,(H,15,17). The van der Waals surface area contributed by atoms with Crippen LogP contribution in [0.5, 0.6) is 0 Å². The van der Waals surface area contributed by atoms with Crippen LogP contribution in [0.2, 0.25) is 0 Å². The Bertz CT molecular complexity index is 452. The van der Waals surface area contributed by atoms with Crippen molar-refractivity contribution in [2.45, 2.75) is 31.7 Å². The number of nitrogens with one attached hydrogen (secondary N) is 1. The van der Waals surface area contributed by atoms with Crippen molar-refractivity contribution in [2.24, 2.45) is 0 Å². The number of carbonyl (C=O) groups is 1. The summed E-state index contributed by atoms with van der Waals surface area (Å²) in [5.41, 5.74) is 7.03. The highest BCUT2D eigenvalue weighted by Gasteiger charge is 2.27. The second kappa shape index (κ2) is 4.96. The molecule has 0 aliphatic heterocycles. The minimum atomic E-state index is -0.0642. The van der Waals surface area contributed by atoms with Gasteiger partial charge < -0.3 is 15.6 Å². The lowest BCUT2D eigenvalue weighted by Crippen LogP contribution is -2.26. The zero-order valence-electron chi connectivity index (χ0n) is 9.78. The van der Waals surface area contributed by atoms with Gasteiger partial charge in [0.15, 0.2) is 0 Å². The highest BCUT2D eigenvalue weighted by molar-refractivity contribution is 5.93. The zero-order valence-corrected chi connectivity index (χ0v) is 9.78. The Balaban J connectivity index is 1.96. The molecule has 3 N–H and O–H groups in total. The molecule has 0 bridgehead atoms. The number of aromatic nitrogens is 1. The molecule has 1 amide bonds. The molecule has 17 heavy (non-hydrogen) atoms. The SMILES string of the molecule is C#CCCCNC(=O)c1cc(N)cn1C1CC1. The Morgan fingerprint density at radius 3 is 3.06 bits per heavy atom. The molecule has 0 atom stereocenters. The van der Waals surface area contributed by atoms with Crippen LogP contribution in [0.4, 0.5) is 5.69 Å². The van der Waals surface area contributed by atoms with E-state index in [4.69, 9.17) is 12.2 Å². The number of hydrogen-bond donors (Lipinski definition) is 2. The average Bonchev–Trinajstić information content (AvgIpc) is 3.08. The third kappa shape index (κ3) is 2.82. The predicted molar refractivity (Wildman–Crippen MR) is 67.5 cm³/mol. The average molecular weight is 231 g/mol. The Morgan fingerprint density at radius 1 is 1.65 bits per heavy atom. The van der Waals surface area contributed by atoms with E-state index in [-0.39, 0.29) is 5.91 Å². The van der Waals surface area contributed by atoms with Crippen molar-refractivity contribution < 1.29 is 4.79 Å². The van der Waals surface area contributed by atoms with E-state index in [2.05, 4.69) is 11.2 Å². The predicted octanol–water partition coefficient (Wildman–Crippen LogP) is 1.55. The van der Waals surface area contributed by atoms with Crippen LogP contribution in [0.15, 0.2) is 12.3 Å². The van der Waals surface area contributed by atoms with Crippen LogP contribution < -0.4 is 11.1 Å². The molecular weight excluding hydrogens is 214 g/mol. The zero-order chi connectivity index (χ0) is 12.3. The largest absolute Gasteiger partial charge is 0.397 e. The number of nitrogens with two attached hydrogens (primary N) is 1. The highest BCUT2D eigenvalue weighted by atomic mass is 16.1. The smallest absolute Gasteiger partial charge is 0.267 e. The summed E-state index contributed by atoms with van der Waals surface area (Å²) in [4.78, 5) is 11.9. The molecule has 0 spiro atoms. The molecule has 0 aromatic carbocycles. The maximum atomic E-state index is 11.9. The van der Waals surface area contributed by atoms with Gasteiger partial charge in [-0.15, -0.1) is 12.3 Å². The number of anilines is 1. The summed E-state index contributed by atoms with van der Waals surface area (Å²) in [6.45, 7) is 0.610. The molecule has 0 unspecified atom stereocenters. The molecule has 1 saturated carbocycles. The first-order valence-electron chi connectivity index (χ1n) is 5.91. The van der Waals surface area contributed by atoms with E-state index in [1.807, 2.05) is 10.8 Å².